The van der Waals surface area contributed by atoms with Crippen molar-refractivity contribution in [2.75, 3.05) is 17.3 Å². The summed E-state index contributed by atoms with van der Waals surface area (Å²) in [5.41, 5.74) is -1.13. The number of halogens is 1. The number of nitrogens with zero attached hydrogens (tertiary/aromatic N) is 1. The average Bonchev–Trinajstić information content (AvgIpc) is 2.77. The van der Waals surface area contributed by atoms with Gasteiger partial charge in [-0.15, -0.1) is 0 Å². The molecule has 3 rings (SSSR count). The molecule has 0 radical (unpaired) electrons. The number of aliphatic hydroxyl groups is 1. The van der Waals surface area contributed by atoms with Gasteiger partial charge in [0.25, 0.3) is 11.8 Å². The van der Waals surface area contributed by atoms with Gasteiger partial charge in [-0.25, -0.2) is 0 Å². The molecule has 0 saturated carbocycles. The highest BCUT2D eigenvalue weighted by Gasteiger charge is 2.52. The maximum Gasteiger partial charge on any atom is 0.268 e. The van der Waals surface area contributed by atoms with Crippen molar-refractivity contribution < 1.29 is 14.7 Å². The molecule has 1 unspecified atom stereocenters. The van der Waals surface area contributed by atoms with E-state index in [-0.39, 0.29) is 11.1 Å². The second kappa shape index (κ2) is 5.78. The fourth-order valence-electron chi connectivity index (χ4n) is 2.74. The number of benzene rings is 2. The molecule has 24 heavy (non-hydrogen) atoms. The lowest BCUT2D eigenvalue weighted by Gasteiger charge is -2.23. The molecule has 5 nitrogen and oxygen atoms in total. The van der Waals surface area contributed by atoms with E-state index in [0.29, 0.717) is 16.4 Å². The number of nitrogens with one attached hydrogen (secondary N) is 1. The van der Waals surface area contributed by atoms with Crippen molar-refractivity contribution in [3.8, 4) is 0 Å². The van der Waals surface area contributed by atoms with Crippen LogP contribution in [0.4, 0.5) is 11.4 Å². The monoisotopic (exact) mass is 342 g/mol. The van der Waals surface area contributed by atoms with Gasteiger partial charge in [-0.05, 0) is 30.3 Å². The van der Waals surface area contributed by atoms with Gasteiger partial charge in [0.15, 0.2) is 0 Å². The molecule has 1 atom stereocenters. The number of hydrogen-bond donors (Lipinski definition) is 2. The van der Waals surface area contributed by atoms with Gasteiger partial charge in [-0.3, -0.25) is 9.59 Å². The van der Waals surface area contributed by atoms with Gasteiger partial charge in [0, 0.05) is 23.3 Å². The Kier molecular flexibility index (Phi) is 3.91. The molecule has 1 aliphatic heterocycles. The van der Waals surface area contributed by atoms with E-state index in [2.05, 4.69) is 11.9 Å². The van der Waals surface area contributed by atoms with Crippen LogP contribution >= 0.6 is 11.6 Å². The third kappa shape index (κ3) is 2.38. The lowest BCUT2D eigenvalue weighted by molar-refractivity contribution is -0.134. The maximum absolute atomic E-state index is 12.6. The summed E-state index contributed by atoms with van der Waals surface area (Å²) in [6, 6.07) is 13.4. The van der Waals surface area contributed by atoms with Crippen molar-refractivity contribution in [2.24, 2.45) is 0 Å². The molecule has 0 aliphatic carbocycles. The molecule has 0 bridgehead atoms. The highest BCUT2D eigenvalue weighted by atomic mass is 35.5. The quantitative estimate of drug-likeness (QED) is 0.843. The minimum absolute atomic E-state index is 0.246. The van der Waals surface area contributed by atoms with Crippen LogP contribution in [0.3, 0.4) is 0 Å². The standard InChI is InChI=1S/C18H15ClN2O3/c1-11(16(22)20-13-6-4-3-5-7-13)18(24)14-10-12(19)8-9-15(14)21(2)17(18)23/h3-10,24H,1H2,2H3,(H,20,22). The predicted octanol–water partition coefficient (Wildman–Crippen LogP) is 2.70. The van der Waals surface area contributed by atoms with E-state index in [1.165, 1.54) is 18.0 Å². The number of fused-ring (bicyclic) bond motifs is 1. The molecular formula is C18H15ClN2O3. The number of amides is 2. The highest BCUT2D eigenvalue weighted by molar-refractivity contribution is 6.31. The van der Waals surface area contributed by atoms with Crippen LogP contribution in [0.25, 0.3) is 0 Å². The number of para-hydroxylation sites is 1. The molecule has 6 heteroatoms. The van der Waals surface area contributed by atoms with Gasteiger partial charge >= 0.3 is 0 Å². The molecule has 0 fully saturated rings. The zero-order valence-corrected chi connectivity index (χ0v) is 13.7. The lowest BCUT2D eigenvalue weighted by atomic mass is 9.87. The highest BCUT2D eigenvalue weighted by Crippen LogP contribution is 2.44. The molecule has 2 amide bonds. The normalized spacial score (nSPS) is 19.1. The average molecular weight is 343 g/mol. The van der Waals surface area contributed by atoms with Gasteiger partial charge in [-0.2, -0.15) is 0 Å². The number of rotatable bonds is 3. The van der Waals surface area contributed by atoms with Gasteiger partial charge in [0.2, 0.25) is 5.60 Å². The van der Waals surface area contributed by atoms with E-state index in [9.17, 15) is 14.7 Å². The number of carbonyl (C=O) groups excluding carboxylic acids is 2. The number of carbonyl (C=O) groups is 2. The summed E-state index contributed by atoms with van der Waals surface area (Å²) in [5, 5.41) is 14.0. The van der Waals surface area contributed by atoms with E-state index in [0.717, 1.165) is 0 Å². The summed E-state index contributed by atoms with van der Waals surface area (Å²) in [4.78, 5) is 26.3. The molecule has 122 valence electrons. The van der Waals surface area contributed by atoms with Crippen LogP contribution in [0.5, 0.6) is 0 Å². The third-order valence-electron chi connectivity index (χ3n) is 4.07. The Labute approximate surface area is 144 Å². The first-order chi connectivity index (χ1) is 11.4. The molecule has 2 N–H and O–H groups in total. The van der Waals surface area contributed by atoms with Crippen molar-refractivity contribution in [3.05, 3.63) is 71.3 Å². The van der Waals surface area contributed by atoms with Gasteiger partial charge < -0.3 is 15.3 Å². The summed E-state index contributed by atoms with van der Waals surface area (Å²) in [5.74, 6) is -1.29. The minimum atomic E-state index is -2.14. The van der Waals surface area contributed by atoms with Crippen LogP contribution in [0.2, 0.25) is 5.02 Å². The molecule has 0 aromatic heterocycles. The van der Waals surface area contributed by atoms with Crippen LogP contribution in [-0.4, -0.2) is 24.0 Å². The first-order valence-electron chi connectivity index (χ1n) is 7.22. The number of likely N-dealkylation sites (N-methyl/N-ethyl adjacent to an activating group) is 1. The van der Waals surface area contributed by atoms with Crippen molar-refractivity contribution >= 4 is 34.8 Å². The van der Waals surface area contributed by atoms with Gasteiger partial charge in [-0.1, -0.05) is 36.4 Å². The summed E-state index contributed by atoms with van der Waals surface area (Å²) in [6.45, 7) is 3.67. The molecule has 0 saturated heterocycles. The van der Waals surface area contributed by atoms with Crippen LogP contribution in [-0.2, 0) is 15.2 Å². The van der Waals surface area contributed by atoms with E-state index in [4.69, 9.17) is 11.6 Å². The third-order valence-corrected chi connectivity index (χ3v) is 4.30. The maximum atomic E-state index is 12.6. The SMILES string of the molecule is C=C(C(=O)Nc1ccccc1)C1(O)C(=O)N(C)c2ccc(Cl)cc21. The van der Waals surface area contributed by atoms with E-state index < -0.39 is 17.4 Å². The first kappa shape index (κ1) is 16.2. The summed E-state index contributed by atoms with van der Waals surface area (Å²) < 4.78 is 0. The van der Waals surface area contributed by atoms with Crippen molar-refractivity contribution in [3.63, 3.8) is 0 Å². The topological polar surface area (TPSA) is 69.6 Å². The first-order valence-corrected chi connectivity index (χ1v) is 7.60. The van der Waals surface area contributed by atoms with Crippen molar-refractivity contribution in [1.29, 1.82) is 0 Å². The van der Waals surface area contributed by atoms with Gasteiger partial charge in [0.1, 0.15) is 0 Å². The van der Waals surface area contributed by atoms with E-state index >= 15 is 0 Å². The molecule has 1 aliphatic rings. The molecule has 0 spiro atoms. The largest absolute Gasteiger partial charge is 0.372 e. The van der Waals surface area contributed by atoms with E-state index in [1.54, 1.807) is 36.4 Å². The van der Waals surface area contributed by atoms with Crippen molar-refractivity contribution in [1.82, 2.24) is 0 Å². The fraction of sp³-hybridized carbons (Fsp3) is 0.111. The second-order valence-corrected chi connectivity index (χ2v) is 5.97. The summed E-state index contributed by atoms with van der Waals surface area (Å²) >= 11 is 5.99. The van der Waals surface area contributed by atoms with Gasteiger partial charge in [0.05, 0.1) is 11.3 Å². The lowest BCUT2D eigenvalue weighted by Crippen LogP contribution is -2.43. The molecule has 1 heterocycles. The fourth-order valence-corrected chi connectivity index (χ4v) is 2.91. The number of anilines is 2. The second-order valence-electron chi connectivity index (χ2n) is 5.53. The van der Waals surface area contributed by atoms with Crippen LogP contribution in [0.1, 0.15) is 5.56 Å². The Morgan fingerprint density at radius 2 is 1.92 bits per heavy atom. The Hall–Kier alpha value is -2.63. The van der Waals surface area contributed by atoms with Crippen LogP contribution in [0.15, 0.2) is 60.7 Å². The van der Waals surface area contributed by atoms with E-state index in [1.807, 2.05) is 6.07 Å². The summed E-state index contributed by atoms with van der Waals surface area (Å²) in [6.07, 6.45) is 0. The molecule has 2 aromatic rings. The Bertz CT molecular complexity index is 851. The molecule has 2 aromatic carbocycles. The predicted molar refractivity (Wildman–Crippen MR) is 93.0 cm³/mol. The number of hydrogen-bond acceptors (Lipinski definition) is 3. The zero-order chi connectivity index (χ0) is 17.5. The Balaban J connectivity index is 1.98. The van der Waals surface area contributed by atoms with Crippen molar-refractivity contribution in [2.45, 2.75) is 5.60 Å². The smallest absolute Gasteiger partial charge is 0.268 e. The zero-order valence-electron chi connectivity index (χ0n) is 12.9. The Morgan fingerprint density at radius 3 is 2.58 bits per heavy atom. The van der Waals surface area contributed by atoms with Crippen LogP contribution < -0.4 is 10.2 Å². The molecular weight excluding hydrogens is 328 g/mol. The minimum Gasteiger partial charge on any atom is -0.372 e. The van der Waals surface area contributed by atoms with Crippen LogP contribution in [0, 0.1) is 0 Å². The summed E-state index contributed by atoms with van der Waals surface area (Å²) in [7, 11) is 1.52. The Morgan fingerprint density at radius 1 is 1.25 bits per heavy atom.